The summed E-state index contributed by atoms with van der Waals surface area (Å²) in [6, 6.07) is 3.10. The molecule has 1 atom stereocenters. The van der Waals surface area contributed by atoms with Crippen LogP contribution in [0, 0.1) is 17.0 Å². The number of halogens is 2. The zero-order valence-electron chi connectivity index (χ0n) is 19.2. The van der Waals surface area contributed by atoms with Gasteiger partial charge in [0.15, 0.2) is 0 Å². The van der Waals surface area contributed by atoms with Crippen molar-refractivity contribution in [1.29, 1.82) is 0 Å². The number of hydrogen-bond donors (Lipinski definition) is 2. The number of hydrogen-bond acceptors (Lipinski definition) is 7. The molecule has 1 aromatic heterocycles. The average Bonchev–Trinajstić information content (AvgIpc) is 3.14. The summed E-state index contributed by atoms with van der Waals surface area (Å²) >= 11 is 0. The Labute approximate surface area is 196 Å². The lowest BCUT2D eigenvalue weighted by atomic mass is 9.52. The first kappa shape index (κ1) is 22.7. The Hall–Kier alpha value is -3.04. The van der Waals surface area contributed by atoms with Crippen molar-refractivity contribution in [3.63, 3.8) is 0 Å². The molecule has 0 radical (unpaired) electrons. The van der Waals surface area contributed by atoms with E-state index in [0.717, 1.165) is 12.8 Å². The first-order chi connectivity index (χ1) is 16.4. The topological polar surface area (TPSA) is 100 Å². The van der Waals surface area contributed by atoms with Crippen LogP contribution in [0.5, 0.6) is 0 Å². The van der Waals surface area contributed by atoms with Gasteiger partial charge >= 0.3 is 6.01 Å². The summed E-state index contributed by atoms with van der Waals surface area (Å²) in [6.07, 6.45) is 6.80. The number of rotatable bonds is 9. The van der Waals surface area contributed by atoms with Crippen molar-refractivity contribution >= 4 is 24.0 Å². The van der Waals surface area contributed by atoms with E-state index in [1.165, 1.54) is 31.4 Å². The van der Waals surface area contributed by atoms with Crippen LogP contribution in [0.2, 0.25) is 0 Å². The third-order valence-corrected chi connectivity index (χ3v) is 7.72. The second-order valence-corrected chi connectivity index (χ2v) is 10.1. The molecule has 3 fully saturated rings. The van der Waals surface area contributed by atoms with Crippen LogP contribution in [-0.2, 0) is 9.59 Å². The molecule has 2 amide bonds. The van der Waals surface area contributed by atoms with Crippen LogP contribution >= 0.6 is 0 Å². The van der Waals surface area contributed by atoms with Crippen molar-refractivity contribution in [2.24, 2.45) is 5.41 Å². The minimum Gasteiger partial charge on any atom is -0.408 e. The molecule has 2 aromatic rings. The van der Waals surface area contributed by atoms with Gasteiger partial charge in [0.25, 0.3) is 0 Å². The Morgan fingerprint density at radius 1 is 1.26 bits per heavy atom. The number of nitrogens with one attached hydrogen (secondary N) is 2. The van der Waals surface area contributed by atoms with E-state index in [-0.39, 0.29) is 24.4 Å². The van der Waals surface area contributed by atoms with E-state index in [1.54, 1.807) is 6.92 Å². The Balaban J connectivity index is 1.12. The molecule has 5 rings (SSSR count). The summed E-state index contributed by atoms with van der Waals surface area (Å²) in [5.74, 6) is -1.18. The highest BCUT2D eigenvalue weighted by atomic mass is 19.1. The first-order valence-electron chi connectivity index (χ1n) is 11.9. The molecule has 1 unspecified atom stereocenters. The van der Waals surface area contributed by atoms with Crippen LogP contribution in [0.3, 0.4) is 0 Å². The molecule has 1 aromatic carbocycles. The fourth-order valence-corrected chi connectivity index (χ4v) is 5.51. The molecule has 1 aliphatic heterocycles. The van der Waals surface area contributed by atoms with Gasteiger partial charge in [0, 0.05) is 36.7 Å². The Bertz CT molecular complexity index is 1050. The molecule has 2 saturated carbocycles. The first-order valence-corrected chi connectivity index (χ1v) is 11.9. The van der Waals surface area contributed by atoms with Crippen molar-refractivity contribution in [3.8, 4) is 0 Å². The smallest absolute Gasteiger partial charge is 0.315 e. The highest BCUT2D eigenvalue weighted by molar-refractivity contribution is 5.85. The van der Waals surface area contributed by atoms with Gasteiger partial charge in [-0.1, -0.05) is 18.4 Å². The number of imide groups is 1. The maximum atomic E-state index is 14.7. The lowest BCUT2D eigenvalue weighted by molar-refractivity contribution is -0.125. The molecule has 1 saturated heterocycles. The fraction of sp³-hybridized carbons (Fsp3) is 0.583. The van der Waals surface area contributed by atoms with Crippen LogP contribution < -0.4 is 15.5 Å². The van der Waals surface area contributed by atoms with Gasteiger partial charge in [0.1, 0.15) is 11.6 Å². The summed E-state index contributed by atoms with van der Waals surface area (Å²) in [6.45, 7) is 2.78. The van der Waals surface area contributed by atoms with Crippen LogP contribution in [0.4, 0.5) is 20.5 Å². The van der Waals surface area contributed by atoms with E-state index in [0.29, 0.717) is 48.4 Å². The minimum absolute atomic E-state index is 0.0129. The zero-order valence-corrected chi connectivity index (χ0v) is 19.2. The quantitative estimate of drug-likeness (QED) is 0.534. The number of carbonyl (C=O) groups is 2. The largest absolute Gasteiger partial charge is 0.408 e. The number of anilines is 2. The maximum Gasteiger partial charge on any atom is 0.315 e. The zero-order chi connectivity index (χ0) is 23.9. The van der Waals surface area contributed by atoms with Crippen molar-refractivity contribution in [3.05, 3.63) is 35.2 Å². The Morgan fingerprint density at radius 2 is 1.97 bits per heavy atom. The molecule has 2 aliphatic carbocycles. The lowest BCUT2D eigenvalue weighted by Crippen LogP contribution is -2.55. The molecule has 2 N–H and O–H groups in total. The standard InChI is InChI=1S/C24H29F2N5O3/c1-14(3-4-20(33)27-13-32)21-18(25)7-17(8-19(21)26)31-11-16(12-31)28-23-30-29-22(34-23)15-9-24(10-15)5-2-6-24/h7-8,13-16H,2-6,9-12H2,1H3,(H,28,30)(H,27,32,33). The van der Waals surface area contributed by atoms with Crippen LogP contribution in [-0.4, -0.2) is 41.6 Å². The van der Waals surface area contributed by atoms with Gasteiger partial charge in [-0.2, -0.15) is 0 Å². The predicted octanol–water partition coefficient (Wildman–Crippen LogP) is 3.85. The molecule has 8 nitrogen and oxygen atoms in total. The Kier molecular flexibility index (Phi) is 5.99. The molecule has 0 bridgehead atoms. The molecule has 1 spiro atoms. The predicted molar refractivity (Wildman–Crippen MR) is 120 cm³/mol. The van der Waals surface area contributed by atoms with E-state index in [9.17, 15) is 18.4 Å². The summed E-state index contributed by atoms with van der Waals surface area (Å²) in [5, 5.41) is 13.6. The van der Waals surface area contributed by atoms with Gasteiger partial charge in [-0.3, -0.25) is 14.9 Å². The third-order valence-electron chi connectivity index (χ3n) is 7.72. The highest BCUT2D eigenvalue weighted by Crippen LogP contribution is 2.61. The summed E-state index contributed by atoms with van der Waals surface area (Å²) in [7, 11) is 0. The van der Waals surface area contributed by atoms with Crippen molar-refractivity contribution in [2.75, 3.05) is 23.3 Å². The normalized spacial score (nSPS) is 20.3. The molecular weight excluding hydrogens is 444 g/mol. The van der Waals surface area contributed by atoms with E-state index >= 15 is 0 Å². The van der Waals surface area contributed by atoms with Crippen LogP contribution in [0.25, 0.3) is 0 Å². The van der Waals surface area contributed by atoms with E-state index in [4.69, 9.17) is 4.42 Å². The number of carbonyl (C=O) groups excluding carboxylic acids is 2. The summed E-state index contributed by atoms with van der Waals surface area (Å²) in [5.41, 5.74) is 0.967. The number of aromatic nitrogens is 2. The highest BCUT2D eigenvalue weighted by Gasteiger charge is 2.50. The number of nitrogens with zero attached hydrogens (tertiary/aromatic N) is 3. The molecule has 2 heterocycles. The average molecular weight is 474 g/mol. The van der Waals surface area contributed by atoms with Crippen LogP contribution in [0.15, 0.2) is 16.5 Å². The molecular formula is C24H29F2N5O3. The second kappa shape index (κ2) is 8.96. The van der Waals surface area contributed by atoms with Crippen molar-refractivity contribution < 1.29 is 22.8 Å². The fourth-order valence-electron chi connectivity index (χ4n) is 5.51. The second-order valence-electron chi connectivity index (χ2n) is 10.1. The van der Waals surface area contributed by atoms with E-state index in [2.05, 4.69) is 15.5 Å². The third kappa shape index (κ3) is 4.37. The van der Waals surface area contributed by atoms with Crippen molar-refractivity contribution in [1.82, 2.24) is 15.5 Å². The van der Waals surface area contributed by atoms with E-state index in [1.807, 2.05) is 10.2 Å². The van der Waals surface area contributed by atoms with Crippen LogP contribution in [0.1, 0.15) is 75.2 Å². The van der Waals surface area contributed by atoms with E-state index < -0.39 is 23.5 Å². The van der Waals surface area contributed by atoms with Gasteiger partial charge in [-0.05, 0) is 55.6 Å². The SMILES string of the molecule is CC(CCC(=O)NC=O)c1c(F)cc(N2CC(Nc3nnc(C4CC5(CCC5)C4)o3)C2)cc1F. The number of benzene rings is 1. The molecule has 10 heteroatoms. The number of amides is 2. The lowest BCUT2D eigenvalue weighted by Gasteiger charge is -2.53. The van der Waals surface area contributed by atoms with Gasteiger partial charge in [0.2, 0.25) is 18.2 Å². The summed E-state index contributed by atoms with van der Waals surface area (Å²) < 4.78 is 35.3. The summed E-state index contributed by atoms with van der Waals surface area (Å²) in [4.78, 5) is 23.6. The van der Waals surface area contributed by atoms with Gasteiger partial charge in [-0.15, -0.1) is 5.10 Å². The van der Waals surface area contributed by atoms with Crippen molar-refractivity contribution in [2.45, 2.75) is 69.7 Å². The van der Waals surface area contributed by atoms with Gasteiger partial charge in [0.05, 0.1) is 6.04 Å². The minimum atomic E-state index is -0.638. The monoisotopic (exact) mass is 473 g/mol. The molecule has 3 aliphatic rings. The molecule has 34 heavy (non-hydrogen) atoms. The van der Waals surface area contributed by atoms with Gasteiger partial charge in [-0.25, -0.2) is 8.78 Å². The van der Waals surface area contributed by atoms with Gasteiger partial charge < -0.3 is 14.6 Å². The molecule has 182 valence electrons. The maximum absolute atomic E-state index is 14.7. The Morgan fingerprint density at radius 3 is 2.59 bits per heavy atom.